The van der Waals surface area contributed by atoms with Gasteiger partial charge in [-0.2, -0.15) is 0 Å². The van der Waals surface area contributed by atoms with E-state index in [4.69, 9.17) is 4.74 Å². The van der Waals surface area contributed by atoms with E-state index >= 15 is 0 Å². The molecule has 34 heavy (non-hydrogen) atoms. The van der Waals surface area contributed by atoms with Gasteiger partial charge in [-0.25, -0.2) is 13.2 Å². The van der Waals surface area contributed by atoms with Crippen LogP contribution in [0.25, 0.3) is 0 Å². The quantitative estimate of drug-likeness (QED) is 0.284. The topological polar surface area (TPSA) is 75.6 Å². The predicted molar refractivity (Wildman–Crippen MR) is 120 cm³/mol. The van der Waals surface area contributed by atoms with E-state index in [9.17, 15) is 27.9 Å². The Morgan fingerprint density at radius 1 is 0.941 bits per heavy atom. The summed E-state index contributed by atoms with van der Waals surface area (Å²) >= 11 is 0. The van der Waals surface area contributed by atoms with Gasteiger partial charge in [-0.15, -0.1) is 0 Å². The zero-order valence-electron chi connectivity index (χ0n) is 18.5. The molecule has 2 N–H and O–H groups in total. The van der Waals surface area contributed by atoms with Crippen molar-refractivity contribution in [2.24, 2.45) is 5.92 Å². The molecule has 0 aliphatic heterocycles. The molecule has 0 aliphatic rings. The van der Waals surface area contributed by atoms with E-state index in [1.165, 1.54) is 0 Å². The Morgan fingerprint density at radius 2 is 1.62 bits per heavy atom. The molecule has 0 heterocycles. The molecule has 3 rings (SSSR count). The predicted octanol–water partition coefficient (Wildman–Crippen LogP) is 5.52. The molecule has 0 bridgehead atoms. The van der Waals surface area contributed by atoms with Gasteiger partial charge in [0, 0.05) is 24.2 Å². The van der Waals surface area contributed by atoms with Crippen LogP contribution in [0.4, 0.5) is 13.2 Å². The minimum atomic E-state index is -1.56. The van der Waals surface area contributed by atoms with E-state index < -0.39 is 29.3 Å². The molecule has 0 fully saturated rings. The second-order valence-electron chi connectivity index (χ2n) is 7.82. The lowest BCUT2D eigenvalue weighted by Crippen LogP contribution is -2.23. The van der Waals surface area contributed by atoms with Gasteiger partial charge >= 0.3 is 5.97 Å². The van der Waals surface area contributed by atoms with Gasteiger partial charge in [0.05, 0.1) is 12.5 Å². The van der Waals surface area contributed by atoms with Gasteiger partial charge in [-0.3, -0.25) is 9.59 Å². The van der Waals surface area contributed by atoms with Gasteiger partial charge in [0.2, 0.25) is 0 Å². The second kappa shape index (κ2) is 11.5. The number of ether oxygens (including phenoxy) is 1. The molecule has 0 spiro atoms. The first-order chi connectivity index (χ1) is 16.3. The molecule has 0 aromatic heterocycles. The number of benzene rings is 3. The van der Waals surface area contributed by atoms with Crippen LogP contribution in [0.1, 0.15) is 34.8 Å². The van der Waals surface area contributed by atoms with Crippen molar-refractivity contribution < 1.29 is 32.6 Å². The van der Waals surface area contributed by atoms with Crippen LogP contribution >= 0.6 is 0 Å². The number of carboxylic acid groups (broad SMARTS) is 1. The van der Waals surface area contributed by atoms with Crippen molar-refractivity contribution in [1.82, 2.24) is 5.32 Å². The molecule has 5 nitrogen and oxygen atoms in total. The van der Waals surface area contributed by atoms with E-state index in [1.54, 1.807) is 42.5 Å². The third kappa shape index (κ3) is 6.68. The first kappa shape index (κ1) is 25.0. The highest BCUT2D eigenvalue weighted by molar-refractivity contribution is 5.97. The largest absolute Gasteiger partial charge is 0.481 e. The van der Waals surface area contributed by atoms with Crippen molar-refractivity contribution in [2.75, 3.05) is 6.54 Å². The smallest absolute Gasteiger partial charge is 0.306 e. The summed E-state index contributed by atoms with van der Waals surface area (Å²) in [5.74, 6) is -5.54. The molecule has 178 valence electrons. The van der Waals surface area contributed by atoms with Gasteiger partial charge in [0.1, 0.15) is 11.5 Å². The minimum Gasteiger partial charge on any atom is -0.481 e. The lowest BCUT2D eigenvalue weighted by Gasteiger charge is -2.11. The maximum atomic E-state index is 13.3. The number of Topliss-reactive ketones (excluding diaryl/α,β-unsaturated/α-hetero) is 1. The fourth-order valence-corrected chi connectivity index (χ4v) is 3.39. The molecule has 1 atom stereocenters. The molecule has 3 aromatic rings. The maximum absolute atomic E-state index is 13.3. The highest BCUT2D eigenvalue weighted by atomic mass is 19.2. The summed E-state index contributed by atoms with van der Waals surface area (Å²) in [6.45, 7) is 2.30. The Labute approximate surface area is 195 Å². The van der Waals surface area contributed by atoms with E-state index in [-0.39, 0.29) is 18.1 Å². The number of rotatable bonds is 11. The standard InChI is InChI=1S/C26H24F3NO4/c1-2-18(26(32)33)10-17-4-3-5-19(11-17)24(31)15-30-14-16-6-8-20(9-7-16)34-21-12-22(27)25(29)23(28)13-21/h3-9,11-13,18,30H,2,10,14-15H2,1H3,(H,32,33). The van der Waals surface area contributed by atoms with Gasteiger partial charge < -0.3 is 15.2 Å². The normalized spacial score (nSPS) is 11.8. The minimum absolute atomic E-state index is 0.0893. The lowest BCUT2D eigenvalue weighted by molar-refractivity contribution is -0.141. The summed E-state index contributed by atoms with van der Waals surface area (Å²) < 4.78 is 45.0. The summed E-state index contributed by atoms with van der Waals surface area (Å²) in [7, 11) is 0. The Kier molecular flexibility index (Phi) is 8.43. The van der Waals surface area contributed by atoms with Crippen LogP contribution in [-0.2, 0) is 17.8 Å². The molecule has 0 amide bonds. The first-order valence-corrected chi connectivity index (χ1v) is 10.7. The van der Waals surface area contributed by atoms with Crippen molar-refractivity contribution in [3.05, 3.63) is 94.8 Å². The van der Waals surface area contributed by atoms with Crippen molar-refractivity contribution in [3.63, 3.8) is 0 Å². The van der Waals surface area contributed by atoms with Crippen molar-refractivity contribution in [1.29, 1.82) is 0 Å². The van der Waals surface area contributed by atoms with Crippen LogP contribution in [0.2, 0.25) is 0 Å². The lowest BCUT2D eigenvalue weighted by atomic mass is 9.95. The zero-order chi connectivity index (χ0) is 24.7. The number of carbonyl (C=O) groups is 2. The van der Waals surface area contributed by atoms with Crippen LogP contribution < -0.4 is 10.1 Å². The molecule has 0 radical (unpaired) electrons. The van der Waals surface area contributed by atoms with Gasteiger partial charge in [-0.05, 0) is 42.2 Å². The van der Waals surface area contributed by atoms with Gasteiger partial charge in [-0.1, -0.05) is 37.3 Å². The van der Waals surface area contributed by atoms with Crippen LogP contribution in [0.5, 0.6) is 11.5 Å². The fraction of sp³-hybridized carbons (Fsp3) is 0.231. The number of halogens is 3. The van der Waals surface area contributed by atoms with Gasteiger partial charge in [0.25, 0.3) is 0 Å². The Morgan fingerprint density at radius 3 is 2.24 bits per heavy atom. The number of hydrogen-bond donors (Lipinski definition) is 2. The summed E-state index contributed by atoms with van der Waals surface area (Å²) in [6, 6.07) is 15.1. The summed E-state index contributed by atoms with van der Waals surface area (Å²) in [5.41, 5.74) is 2.15. The summed E-state index contributed by atoms with van der Waals surface area (Å²) in [5, 5.41) is 12.3. The summed E-state index contributed by atoms with van der Waals surface area (Å²) in [4.78, 5) is 23.8. The van der Waals surface area contributed by atoms with Crippen LogP contribution in [0, 0.1) is 23.4 Å². The van der Waals surface area contributed by atoms with Crippen molar-refractivity contribution >= 4 is 11.8 Å². The van der Waals surface area contributed by atoms with E-state index in [0.717, 1.165) is 23.3 Å². The highest BCUT2D eigenvalue weighted by Gasteiger charge is 2.16. The molecule has 0 saturated heterocycles. The number of carboxylic acids is 1. The third-order valence-corrected chi connectivity index (χ3v) is 5.30. The SMILES string of the molecule is CCC(Cc1cccc(C(=O)CNCc2ccc(Oc3cc(F)c(F)c(F)c3)cc2)c1)C(=O)O. The first-order valence-electron chi connectivity index (χ1n) is 10.7. The maximum Gasteiger partial charge on any atom is 0.306 e. The van der Waals surface area contributed by atoms with Crippen LogP contribution in [-0.4, -0.2) is 23.4 Å². The molecule has 0 saturated carbocycles. The average Bonchev–Trinajstić information content (AvgIpc) is 2.82. The summed E-state index contributed by atoms with van der Waals surface area (Å²) in [6.07, 6.45) is 0.878. The Balaban J connectivity index is 1.52. The van der Waals surface area contributed by atoms with Crippen LogP contribution in [0.3, 0.4) is 0 Å². The molecule has 3 aromatic carbocycles. The zero-order valence-corrected chi connectivity index (χ0v) is 18.5. The van der Waals surface area contributed by atoms with Crippen LogP contribution in [0.15, 0.2) is 60.7 Å². The van der Waals surface area contributed by atoms with E-state index in [2.05, 4.69) is 5.32 Å². The Hall–Kier alpha value is -3.65. The number of nitrogens with one attached hydrogen (secondary N) is 1. The monoisotopic (exact) mass is 471 g/mol. The number of carbonyl (C=O) groups excluding carboxylic acids is 1. The van der Waals surface area contributed by atoms with Crippen molar-refractivity contribution in [2.45, 2.75) is 26.3 Å². The molecule has 8 heteroatoms. The average molecular weight is 471 g/mol. The van der Waals surface area contributed by atoms with E-state index in [1.807, 2.05) is 13.0 Å². The molecule has 1 unspecified atom stereocenters. The van der Waals surface area contributed by atoms with Crippen molar-refractivity contribution in [3.8, 4) is 11.5 Å². The molecular weight excluding hydrogens is 447 g/mol. The fourth-order valence-electron chi connectivity index (χ4n) is 3.39. The Bertz CT molecular complexity index is 1140. The number of ketones is 1. The molecular formula is C26H24F3NO4. The number of hydrogen-bond acceptors (Lipinski definition) is 4. The number of aliphatic carboxylic acids is 1. The molecule has 0 aliphatic carbocycles. The van der Waals surface area contributed by atoms with E-state index in [0.29, 0.717) is 30.7 Å². The third-order valence-electron chi connectivity index (χ3n) is 5.30. The van der Waals surface area contributed by atoms with Gasteiger partial charge in [0.15, 0.2) is 23.2 Å². The highest BCUT2D eigenvalue weighted by Crippen LogP contribution is 2.25. The second-order valence-corrected chi connectivity index (χ2v) is 7.82.